The highest BCUT2D eigenvalue weighted by Gasteiger charge is 2.27. The number of carbonyl (C=O) groups excluding carboxylic acids is 2. The number of carbonyl (C=O) groups is 2. The summed E-state index contributed by atoms with van der Waals surface area (Å²) in [4.78, 5) is 26.5. The SMILES string of the molecule is CCCC(=O)N1CCC(C(=O)Nc2c(C)cccc2C(C)C)CC1. The normalized spacial score (nSPS) is 15.6. The third-order valence-corrected chi connectivity index (χ3v) is 4.86. The first-order valence-electron chi connectivity index (χ1n) is 9.12. The Balaban J connectivity index is 1.99. The number of nitrogens with zero attached hydrogens (tertiary/aromatic N) is 1. The number of hydrogen-bond acceptors (Lipinski definition) is 2. The lowest BCUT2D eigenvalue weighted by atomic mass is 9.94. The number of piperidine rings is 1. The molecular formula is C20H30N2O2. The van der Waals surface area contributed by atoms with Gasteiger partial charge in [-0.05, 0) is 43.2 Å². The van der Waals surface area contributed by atoms with Gasteiger partial charge in [0.2, 0.25) is 11.8 Å². The van der Waals surface area contributed by atoms with E-state index in [1.54, 1.807) is 0 Å². The zero-order valence-corrected chi connectivity index (χ0v) is 15.4. The lowest BCUT2D eigenvalue weighted by molar-refractivity contribution is -0.134. The molecule has 2 rings (SSSR count). The van der Waals surface area contributed by atoms with Gasteiger partial charge in [-0.15, -0.1) is 0 Å². The lowest BCUT2D eigenvalue weighted by Gasteiger charge is -2.31. The van der Waals surface area contributed by atoms with Gasteiger partial charge in [0.25, 0.3) is 0 Å². The topological polar surface area (TPSA) is 49.4 Å². The Morgan fingerprint density at radius 3 is 2.50 bits per heavy atom. The van der Waals surface area contributed by atoms with Gasteiger partial charge in [-0.2, -0.15) is 0 Å². The van der Waals surface area contributed by atoms with E-state index in [2.05, 4.69) is 25.2 Å². The molecule has 24 heavy (non-hydrogen) atoms. The Labute approximate surface area is 145 Å². The second-order valence-corrected chi connectivity index (χ2v) is 7.09. The van der Waals surface area contributed by atoms with E-state index in [9.17, 15) is 9.59 Å². The number of rotatable bonds is 5. The number of likely N-dealkylation sites (tertiary alicyclic amines) is 1. The van der Waals surface area contributed by atoms with Crippen LogP contribution in [0.15, 0.2) is 18.2 Å². The van der Waals surface area contributed by atoms with Crippen molar-refractivity contribution in [2.24, 2.45) is 5.92 Å². The summed E-state index contributed by atoms with van der Waals surface area (Å²) in [5.74, 6) is 0.676. The molecule has 1 aromatic carbocycles. The fourth-order valence-electron chi connectivity index (χ4n) is 3.33. The number of amides is 2. The number of hydrogen-bond donors (Lipinski definition) is 1. The zero-order valence-electron chi connectivity index (χ0n) is 15.4. The van der Waals surface area contributed by atoms with Crippen LogP contribution in [-0.2, 0) is 9.59 Å². The highest BCUT2D eigenvalue weighted by Crippen LogP contribution is 2.29. The van der Waals surface area contributed by atoms with Gasteiger partial charge in [-0.25, -0.2) is 0 Å². The fraction of sp³-hybridized carbons (Fsp3) is 0.600. The third kappa shape index (κ3) is 4.37. The maximum Gasteiger partial charge on any atom is 0.227 e. The Bertz CT molecular complexity index is 587. The van der Waals surface area contributed by atoms with Gasteiger partial charge in [-0.3, -0.25) is 9.59 Å². The quantitative estimate of drug-likeness (QED) is 0.884. The van der Waals surface area contributed by atoms with Crippen LogP contribution < -0.4 is 5.32 Å². The number of benzene rings is 1. The van der Waals surface area contributed by atoms with Crippen LogP contribution in [0, 0.1) is 12.8 Å². The first-order valence-corrected chi connectivity index (χ1v) is 9.12. The minimum absolute atomic E-state index is 0.00436. The van der Waals surface area contributed by atoms with Crippen molar-refractivity contribution in [1.82, 2.24) is 4.90 Å². The van der Waals surface area contributed by atoms with Crippen LogP contribution >= 0.6 is 0 Å². The Morgan fingerprint density at radius 2 is 1.92 bits per heavy atom. The molecule has 1 fully saturated rings. The molecule has 2 amide bonds. The van der Waals surface area contributed by atoms with Gasteiger partial charge in [0, 0.05) is 31.1 Å². The maximum atomic E-state index is 12.7. The number of nitrogens with one attached hydrogen (secondary N) is 1. The van der Waals surface area contributed by atoms with E-state index in [-0.39, 0.29) is 17.7 Å². The molecule has 0 bridgehead atoms. The van der Waals surface area contributed by atoms with Gasteiger partial charge in [0.15, 0.2) is 0 Å². The zero-order chi connectivity index (χ0) is 17.7. The average Bonchev–Trinajstić information content (AvgIpc) is 2.56. The summed E-state index contributed by atoms with van der Waals surface area (Å²) in [5, 5.41) is 3.16. The summed E-state index contributed by atoms with van der Waals surface area (Å²) in [7, 11) is 0. The molecule has 0 atom stereocenters. The van der Waals surface area contributed by atoms with Crippen LogP contribution in [0.4, 0.5) is 5.69 Å². The van der Waals surface area contributed by atoms with E-state index < -0.39 is 0 Å². The van der Waals surface area contributed by atoms with Crippen molar-refractivity contribution in [3.63, 3.8) is 0 Å². The molecule has 0 radical (unpaired) electrons. The molecule has 1 aromatic rings. The van der Waals surface area contributed by atoms with Crippen LogP contribution in [0.25, 0.3) is 0 Å². The maximum absolute atomic E-state index is 12.7. The number of para-hydroxylation sites is 1. The van der Waals surface area contributed by atoms with Crippen molar-refractivity contribution in [3.8, 4) is 0 Å². The van der Waals surface area contributed by atoms with Gasteiger partial charge in [-0.1, -0.05) is 39.0 Å². The molecule has 0 unspecified atom stereocenters. The van der Waals surface area contributed by atoms with Crippen molar-refractivity contribution in [2.75, 3.05) is 18.4 Å². The van der Waals surface area contributed by atoms with Crippen LogP contribution in [0.3, 0.4) is 0 Å². The van der Waals surface area contributed by atoms with Crippen molar-refractivity contribution in [1.29, 1.82) is 0 Å². The van der Waals surface area contributed by atoms with Crippen LogP contribution in [0.1, 0.15) is 63.5 Å². The third-order valence-electron chi connectivity index (χ3n) is 4.86. The Morgan fingerprint density at radius 1 is 1.25 bits per heavy atom. The molecule has 4 heteroatoms. The van der Waals surface area contributed by atoms with E-state index in [0.717, 1.165) is 30.5 Å². The second-order valence-electron chi connectivity index (χ2n) is 7.09. The standard InChI is InChI=1S/C20H30N2O2/c1-5-7-18(23)22-12-10-16(11-13-22)20(24)21-19-15(4)8-6-9-17(19)14(2)3/h6,8-9,14,16H,5,7,10-13H2,1-4H3,(H,21,24). The minimum atomic E-state index is -0.00436. The van der Waals surface area contributed by atoms with E-state index in [0.29, 0.717) is 25.4 Å². The Kier molecular flexibility index (Phi) is 6.41. The molecule has 0 aliphatic carbocycles. The molecule has 1 heterocycles. The molecular weight excluding hydrogens is 300 g/mol. The first kappa shape index (κ1) is 18.5. The van der Waals surface area contributed by atoms with Gasteiger partial charge < -0.3 is 10.2 Å². The molecule has 0 spiro atoms. The molecule has 0 aromatic heterocycles. The summed E-state index contributed by atoms with van der Waals surface area (Å²) in [6.45, 7) is 9.73. The van der Waals surface area contributed by atoms with Gasteiger partial charge in [0.05, 0.1) is 0 Å². The average molecular weight is 330 g/mol. The summed E-state index contributed by atoms with van der Waals surface area (Å²) < 4.78 is 0. The summed E-state index contributed by atoms with van der Waals surface area (Å²) in [6, 6.07) is 6.16. The highest BCUT2D eigenvalue weighted by molar-refractivity contribution is 5.94. The molecule has 1 aliphatic rings. The predicted molar refractivity (Wildman–Crippen MR) is 98.1 cm³/mol. The fourth-order valence-corrected chi connectivity index (χ4v) is 3.33. The first-order chi connectivity index (χ1) is 11.4. The van der Waals surface area contributed by atoms with Gasteiger partial charge >= 0.3 is 0 Å². The molecule has 0 saturated carbocycles. The molecule has 1 aliphatic heterocycles. The molecule has 132 valence electrons. The summed E-state index contributed by atoms with van der Waals surface area (Å²) >= 11 is 0. The smallest absolute Gasteiger partial charge is 0.227 e. The van der Waals surface area contributed by atoms with E-state index >= 15 is 0 Å². The van der Waals surface area contributed by atoms with Crippen molar-refractivity contribution >= 4 is 17.5 Å². The van der Waals surface area contributed by atoms with Crippen molar-refractivity contribution in [2.45, 2.75) is 59.3 Å². The van der Waals surface area contributed by atoms with Crippen molar-refractivity contribution < 1.29 is 9.59 Å². The second kappa shape index (κ2) is 8.32. The monoisotopic (exact) mass is 330 g/mol. The number of anilines is 1. The van der Waals surface area contributed by atoms with E-state index in [1.165, 1.54) is 5.56 Å². The van der Waals surface area contributed by atoms with Crippen molar-refractivity contribution in [3.05, 3.63) is 29.3 Å². The lowest BCUT2D eigenvalue weighted by Crippen LogP contribution is -2.41. The minimum Gasteiger partial charge on any atom is -0.343 e. The van der Waals surface area contributed by atoms with Gasteiger partial charge in [0.1, 0.15) is 0 Å². The predicted octanol–water partition coefficient (Wildman–Crippen LogP) is 4.10. The highest BCUT2D eigenvalue weighted by atomic mass is 16.2. The van der Waals surface area contributed by atoms with Crippen LogP contribution in [0.2, 0.25) is 0 Å². The molecule has 1 saturated heterocycles. The summed E-state index contributed by atoms with van der Waals surface area (Å²) in [6.07, 6.45) is 3.00. The van der Waals surface area contributed by atoms with Crippen LogP contribution in [-0.4, -0.2) is 29.8 Å². The summed E-state index contributed by atoms with van der Waals surface area (Å²) in [5.41, 5.74) is 3.24. The largest absolute Gasteiger partial charge is 0.343 e. The Hall–Kier alpha value is -1.84. The number of aryl methyl sites for hydroxylation is 1. The van der Waals surface area contributed by atoms with Crippen LogP contribution in [0.5, 0.6) is 0 Å². The molecule has 4 nitrogen and oxygen atoms in total. The van der Waals surface area contributed by atoms with E-state index in [4.69, 9.17) is 0 Å². The molecule has 1 N–H and O–H groups in total. The van der Waals surface area contributed by atoms with E-state index in [1.807, 2.05) is 30.9 Å².